The van der Waals surface area contributed by atoms with Crippen molar-refractivity contribution in [2.45, 2.75) is 40.0 Å². The number of ether oxygens (including phenoxy) is 1. The summed E-state index contributed by atoms with van der Waals surface area (Å²) in [5, 5.41) is 3.39. The summed E-state index contributed by atoms with van der Waals surface area (Å²) in [5.74, 6) is 0.266. The highest BCUT2D eigenvalue weighted by Crippen LogP contribution is 2.23. The van der Waals surface area contributed by atoms with Gasteiger partial charge in [0.15, 0.2) is 0 Å². The van der Waals surface area contributed by atoms with Crippen molar-refractivity contribution in [2.24, 2.45) is 11.8 Å². The van der Waals surface area contributed by atoms with Crippen molar-refractivity contribution in [3.63, 3.8) is 0 Å². The lowest BCUT2D eigenvalue weighted by Crippen LogP contribution is -2.22. The van der Waals surface area contributed by atoms with Crippen molar-refractivity contribution >= 4 is 0 Å². The number of hydrogen-bond acceptors (Lipinski definition) is 2. The lowest BCUT2D eigenvalue weighted by molar-refractivity contribution is 0.403. The first-order valence-electron chi connectivity index (χ1n) is 7.66. The molecule has 0 aliphatic heterocycles. The van der Waals surface area contributed by atoms with Gasteiger partial charge in [0.1, 0.15) is 17.4 Å². The van der Waals surface area contributed by atoms with Crippen LogP contribution in [-0.4, -0.2) is 20.2 Å². The molecule has 0 aliphatic carbocycles. The summed E-state index contributed by atoms with van der Waals surface area (Å²) in [4.78, 5) is 0. The predicted molar refractivity (Wildman–Crippen MR) is 82.7 cm³/mol. The van der Waals surface area contributed by atoms with Crippen LogP contribution < -0.4 is 10.1 Å². The predicted octanol–water partition coefficient (Wildman–Crippen LogP) is 4.18. The van der Waals surface area contributed by atoms with E-state index in [1.165, 1.54) is 19.2 Å². The Labute approximate surface area is 126 Å². The van der Waals surface area contributed by atoms with Crippen molar-refractivity contribution in [3.05, 3.63) is 29.3 Å². The number of rotatable bonds is 9. The van der Waals surface area contributed by atoms with Crippen molar-refractivity contribution in [2.75, 3.05) is 20.2 Å². The van der Waals surface area contributed by atoms with Gasteiger partial charge >= 0.3 is 0 Å². The lowest BCUT2D eigenvalue weighted by atomic mass is 9.97. The van der Waals surface area contributed by atoms with E-state index in [9.17, 15) is 8.78 Å². The summed E-state index contributed by atoms with van der Waals surface area (Å²) < 4.78 is 32.5. The zero-order chi connectivity index (χ0) is 15.8. The van der Waals surface area contributed by atoms with E-state index in [2.05, 4.69) is 26.1 Å². The minimum absolute atomic E-state index is 0.165. The molecule has 0 amide bonds. The topological polar surface area (TPSA) is 21.3 Å². The number of hydrogen-bond donors (Lipinski definition) is 1. The minimum Gasteiger partial charge on any atom is -0.497 e. The van der Waals surface area contributed by atoms with Gasteiger partial charge in [-0.1, -0.05) is 20.8 Å². The molecule has 4 heteroatoms. The van der Waals surface area contributed by atoms with Crippen LogP contribution in [0.2, 0.25) is 0 Å². The first-order valence-corrected chi connectivity index (χ1v) is 7.66. The fourth-order valence-corrected chi connectivity index (χ4v) is 2.21. The number of halogens is 2. The maximum Gasteiger partial charge on any atom is 0.133 e. The minimum atomic E-state index is -0.517. The van der Waals surface area contributed by atoms with Crippen molar-refractivity contribution < 1.29 is 13.5 Å². The molecule has 0 aromatic heterocycles. The summed E-state index contributed by atoms with van der Waals surface area (Å²) in [6, 6.07) is 2.49. The molecule has 0 aliphatic rings. The summed E-state index contributed by atoms with van der Waals surface area (Å²) in [6.45, 7) is 8.43. The summed E-state index contributed by atoms with van der Waals surface area (Å²) >= 11 is 0. The fraction of sp³-hybridized carbons (Fsp3) is 0.647. The molecule has 0 saturated heterocycles. The van der Waals surface area contributed by atoms with Crippen LogP contribution in [0, 0.1) is 23.5 Å². The second-order valence-electron chi connectivity index (χ2n) is 6.10. The third kappa shape index (κ3) is 6.42. The zero-order valence-corrected chi connectivity index (χ0v) is 13.5. The fourth-order valence-electron chi connectivity index (χ4n) is 2.21. The van der Waals surface area contributed by atoms with Gasteiger partial charge in [-0.15, -0.1) is 0 Å². The second kappa shape index (κ2) is 8.98. The monoisotopic (exact) mass is 299 g/mol. The van der Waals surface area contributed by atoms with E-state index in [4.69, 9.17) is 4.74 Å². The van der Waals surface area contributed by atoms with Gasteiger partial charge in [-0.3, -0.25) is 0 Å². The van der Waals surface area contributed by atoms with Gasteiger partial charge < -0.3 is 10.1 Å². The van der Waals surface area contributed by atoms with Gasteiger partial charge in [0.05, 0.1) is 7.11 Å². The van der Waals surface area contributed by atoms with Crippen LogP contribution in [0.4, 0.5) is 8.78 Å². The van der Waals surface area contributed by atoms with Gasteiger partial charge in [-0.2, -0.15) is 0 Å². The first-order chi connectivity index (χ1) is 9.93. The van der Waals surface area contributed by atoms with Gasteiger partial charge in [0.25, 0.3) is 0 Å². The molecular formula is C17H27F2NO. The summed E-state index contributed by atoms with van der Waals surface area (Å²) in [6.07, 6.45) is 2.22. The number of methoxy groups -OCH3 is 1. The van der Waals surface area contributed by atoms with E-state index in [0.29, 0.717) is 18.3 Å². The van der Waals surface area contributed by atoms with E-state index in [0.717, 1.165) is 25.9 Å². The highest BCUT2D eigenvalue weighted by Gasteiger charge is 2.13. The molecule has 0 fully saturated rings. The van der Waals surface area contributed by atoms with Gasteiger partial charge in [0.2, 0.25) is 0 Å². The zero-order valence-electron chi connectivity index (χ0n) is 13.5. The lowest BCUT2D eigenvalue weighted by Gasteiger charge is -2.14. The highest BCUT2D eigenvalue weighted by molar-refractivity contribution is 5.30. The Hall–Kier alpha value is -1.16. The average molecular weight is 299 g/mol. The van der Waals surface area contributed by atoms with Crippen molar-refractivity contribution in [1.82, 2.24) is 5.32 Å². The molecule has 21 heavy (non-hydrogen) atoms. The van der Waals surface area contributed by atoms with E-state index in [1.54, 1.807) is 0 Å². The number of nitrogens with one attached hydrogen (secondary N) is 1. The van der Waals surface area contributed by atoms with Crippen molar-refractivity contribution in [1.29, 1.82) is 0 Å². The Morgan fingerprint density at radius 1 is 1.10 bits per heavy atom. The highest BCUT2D eigenvalue weighted by atomic mass is 19.1. The molecule has 0 saturated carbocycles. The SMILES string of the molecule is COc1cc(F)c(CCC(C)CCNCC(C)C)c(F)c1. The molecule has 1 atom stereocenters. The molecule has 1 rings (SSSR count). The van der Waals surface area contributed by atoms with Crippen LogP contribution in [0.15, 0.2) is 12.1 Å². The van der Waals surface area contributed by atoms with E-state index in [-0.39, 0.29) is 11.3 Å². The van der Waals surface area contributed by atoms with E-state index >= 15 is 0 Å². The molecule has 0 radical (unpaired) electrons. The Morgan fingerprint density at radius 3 is 2.24 bits per heavy atom. The van der Waals surface area contributed by atoms with Crippen LogP contribution in [-0.2, 0) is 6.42 Å². The Bertz CT molecular complexity index is 412. The summed E-state index contributed by atoms with van der Waals surface area (Å²) in [5.41, 5.74) is 0.165. The molecule has 1 N–H and O–H groups in total. The average Bonchev–Trinajstić information content (AvgIpc) is 2.42. The van der Waals surface area contributed by atoms with Crippen LogP contribution in [0.25, 0.3) is 0 Å². The van der Waals surface area contributed by atoms with Crippen molar-refractivity contribution in [3.8, 4) is 5.75 Å². The maximum atomic E-state index is 13.8. The third-order valence-electron chi connectivity index (χ3n) is 3.60. The van der Waals surface area contributed by atoms with Crippen LogP contribution >= 0.6 is 0 Å². The van der Waals surface area contributed by atoms with E-state index in [1.807, 2.05) is 0 Å². The Balaban J connectivity index is 2.41. The smallest absolute Gasteiger partial charge is 0.133 e. The molecular weight excluding hydrogens is 272 g/mol. The van der Waals surface area contributed by atoms with Gasteiger partial charge in [-0.05, 0) is 44.2 Å². The molecule has 0 spiro atoms. The molecule has 2 nitrogen and oxygen atoms in total. The third-order valence-corrected chi connectivity index (χ3v) is 3.60. The molecule has 1 unspecified atom stereocenters. The second-order valence-corrected chi connectivity index (χ2v) is 6.10. The van der Waals surface area contributed by atoms with Crippen LogP contribution in [0.5, 0.6) is 5.75 Å². The van der Waals surface area contributed by atoms with Gasteiger partial charge in [-0.25, -0.2) is 8.78 Å². The normalized spacial score (nSPS) is 12.7. The quantitative estimate of drug-likeness (QED) is 0.691. The molecule has 120 valence electrons. The van der Waals surface area contributed by atoms with Crippen LogP contribution in [0.3, 0.4) is 0 Å². The standard InChI is InChI=1S/C17H27F2NO/c1-12(2)11-20-8-7-13(3)5-6-15-16(18)9-14(21-4)10-17(15)19/h9-10,12-13,20H,5-8,11H2,1-4H3. The number of benzene rings is 1. The van der Waals surface area contributed by atoms with Crippen LogP contribution in [0.1, 0.15) is 39.2 Å². The molecule has 0 heterocycles. The molecule has 0 bridgehead atoms. The van der Waals surface area contributed by atoms with Gasteiger partial charge in [0, 0.05) is 17.7 Å². The molecule has 1 aromatic carbocycles. The summed E-state index contributed by atoms with van der Waals surface area (Å²) in [7, 11) is 1.40. The van der Waals surface area contributed by atoms with E-state index < -0.39 is 11.6 Å². The molecule has 1 aromatic rings. The maximum absolute atomic E-state index is 13.8. The Morgan fingerprint density at radius 2 is 1.71 bits per heavy atom. The Kier molecular flexibility index (Phi) is 7.65. The first kappa shape index (κ1) is 17.9. The largest absolute Gasteiger partial charge is 0.497 e.